The maximum absolute atomic E-state index is 4.67. The van der Waals surface area contributed by atoms with Gasteiger partial charge in [-0.2, -0.15) is 4.99 Å². The van der Waals surface area contributed by atoms with Gasteiger partial charge in [0.15, 0.2) is 0 Å². The molecule has 0 spiro atoms. The number of benzene rings is 1. The van der Waals surface area contributed by atoms with E-state index < -0.39 is 0 Å². The molecule has 0 aliphatic rings. The topological polar surface area (TPSA) is 12.4 Å². The molecule has 0 heterocycles. The Morgan fingerprint density at radius 2 is 1.80 bits per heavy atom. The molecule has 0 fully saturated rings. The van der Waals surface area contributed by atoms with Gasteiger partial charge in [-0.05, 0) is 41.2 Å². The lowest BCUT2D eigenvalue weighted by Gasteiger charge is -2.17. The first-order valence-corrected chi connectivity index (χ1v) is 5.69. The van der Waals surface area contributed by atoms with E-state index in [2.05, 4.69) is 56.1 Å². The molecule has 1 aromatic carbocycles. The molecule has 0 aliphatic carbocycles. The highest BCUT2D eigenvalue weighted by Gasteiger charge is 2.13. The minimum atomic E-state index is 0.464. The Kier molecular flexibility index (Phi) is 4.19. The maximum atomic E-state index is 4.67. The molecular formula is C13H17NS. The van der Waals surface area contributed by atoms with E-state index in [0.29, 0.717) is 11.8 Å². The first kappa shape index (κ1) is 12.1. The normalized spacial score (nSPS) is 10.5. The summed E-state index contributed by atoms with van der Waals surface area (Å²) in [6, 6.07) is 6.20. The maximum Gasteiger partial charge on any atom is 0.0776 e. The van der Waals surface area contributed by atoms with Crippen LogP contribution in [0.1, 0.15) is 50.7 Å². The van der Waals surface area contributed by atoms with Crippen molar-refractivity contribution in [2.45, 2.75) is 39.5 Å². The fourth-order valence-corrected chi connectivity index (χ4v) is 1.95. The van der Waals surface area contributed by atoms with Crippen LogP contribution in [0.5, 0.6) is 0 Å². The van der Waals surface area contributed by atoms with Gasteiger partial charge >= 0.3 is 0 Å². The summed E-state index contributed by atoms with van der Waals surface area (Å²) in [6.07, 6.45) is 0. The molecule has 0 unspecified atom stereocenters. The highest BCUT2D eigenvalue weighted by molar-refractivity contribution is 7.78. The summed E-state index contributed by atoms with van der Waals surface area (Å²) in [5.74, 6) is 0.980. The average Bonchev–Trinajstić information content (AvgIpc) is 2.17. The molecule has 1 rings (SSSR count). The predicted octanol–water partition coefficient (Wildman–Crippen LogP) is 4.67. The van der Waals surface area contributed by atoms with Crippen LogP contribution in [0.2, 0.25) is 0 Å². The van der Waals surface area contributed by atoms with Gasteiger partial charge in [-0.25, -0.2) is 0 Å². The number of thiocarbonyl (C=S) groups is 1. The fourth-order valence-electron chi connectivity index (χ4n) is 1.85. The van der Waals surface area contributed by atoms with Gasteiger partial charge in [0.2, 0.25) is 0 Å². The van der Waals surface area contributed by atoms with E-state index in [1.807, 2.05) is 12.1 Å². The largest absolute Gasteiger partial charge is 0.194 e. The molecule has 80 valence electrons. The third-order valence-corrected chi connectivity index (χ3v) is 2.57. The van der Waals surface area contributed by atoms with E-state index in [4.69, 9.17) is 0 Å². The standard InChI is InChI=1S/C13H17NS/c1-9(2)11-6-5-7-12(14-8-15)13(11)10(3)4/h5-7,9-10H,1-4H3. The summed E-state index contributed by atoms with van der Waals surface area (Å²) in [5.41, 5.74) is 3.62. The summed E-state index contributed by atoms with van der Waals surface area (Å²) in [7, 11) is 0. The minimum absolute atomic E-state index is 0.464. The number of rotatable bonds is 3. The number of isothiocyanates is 1. The summed E-state index contributed by atoms with van der Waals surface area (Å²) >= 11 is 4.67. The van der Waals surface area contributed by atoms with Crippen LogP contribution in [0.3, 0.4) is 0 Å². The molecule has 1 aromatic rings. The molecule has 1 nitrogen and oxygen atoms in total. The Labute approximate surface area is 97.2 Å². The van der Waals surface area contributed by atoms with Gasteiger partial charge in [0.25, 0.3) is 0 Å². The van der Waals surface area contributed by atoms with E-state index in [1.54, 1.807) is 0 Å². The van der Waals surface area contributed by atoms with Crippen molar-refractivity contribution in [1.82, 2.24) is 0 Å². The second-order valence-corrected chi connectivity index (χ2v) is 4.48. The fraction of sp³-hybridized carbons (Fsp3) is 0.462. The summed E-state index contributed by atoms with van der Waals surface area (Å²) in [4.78, 5) is 4.14. The highest BCUT2D eigenvalue weighted by Crippen LogP contribution is 2.33. The van der Waals surface area contributed by atoms with E-state index in [1.165, 1.54) is 11.1 Å². The van der Waals surface area contributed by atoms with Crippen LogP contribution >= 0.6 is 12.2 Å². The van der Waals surface area contributed by atoms with E-state index >= 15 is 0 Å². The lowest BCUT2D eigenvalue weighted by molar-refractivity contribution is 0.791. The van der Waals surface area contributed by atoms with Gasteiger partial charge in [-0.3, -0.25) is 0 Å². The van der Waals surface area contributed by atoms with Gasteiger partial charge < -0.3 is 0 Å². The highest BCUT2D eigenvalue weighted by atomic mass is 32.1. The second-order valence-electron chi connectivity index (χ2n) is 4.29. The lowest BCUT2D eigenvalue weighted by atomic mass is 9.89. The zero-order valence-corrected chi connectivity index (χ0v) is 10.6. The Morgan fingerprint density at radius 3 is 2.27 bits per heavy atom. The van der Waals surface area contributed by atoms with Crippen LogP contribution in [-0.2, 0) is 0 Å². The Balaban J connectivity index is 3.41. The molecule has 0 bridgehead atoms. The zero-order chi connectivity index (χ0) is 11.4. The van der Waals surface area contributed by atoms with Crippen LogP contribution in [-0.4, -0.2) is 5.16 Å². The minimum Gasteiger partial charge on any atom is -0.194 e. The van der Waals surface area contributed by atoms with Crippen LogP contribution in [0, 0.1) is 0 Å². The molecule has 2 heteroatoms. The van der Waals surface area contributed by atoms with Gasteiger partial charge in [-0.1, -0.05) is 39.8 Å². The lowest BCUT2D eigenvalue weighted by Crippen LogP contribution is -1.98. The molecule has 0 atom stereocenters. The van der Waals surface area contributed by atoms with Crippen molar-refractivity contribution in [3.63, 3.8) is 0 Å². The van der Waals surface area contributed by atoms with Crippen molar-refractivity contribution in [2.75, 3.05) is 0 Å². The van der Waals surface area contributed by atoms with Crippen molar-refractivity contribution < 1.29 is 0 Å². The van der Waals surface area contributed by atoms with Gasteiger partial charge in [0.1, 0.15) is 0 Å². The number of hydrogen-bond acceptors (Lipinski definition) is 2. The molecule has 0 aromatic heterocycles. The molecule has 15 heavy (non-hydrogen) atoms. The molecule has 0 N–H and O–H groups in total. The SMILES string of the molecule is CC(C)c1cccc(N=C=S)c1C(C)C. The number of hydrogen-bond donors (Lipinski definition) is 0. The van der Waals surface area contributed by atoms with Crippen LogP contribution in [0.4, 0.5) is 5.69 Å². The summed E-state index contributed by atoms with van der Waals surface area (Å²) in [5, 5.41) is 2.45. The smallest absolute Gasteiger partial charge is 0.0776 e. The van der Waals surface area contributed by atoms with Crippen molar-refractivity contribution >= 4 is 23.1 Å². The van der Waals surface area contributed by atoms with Gasteiger partial charge in [0, 0.05) is 0 Å². The monoisotopic (exact) mass is 219 g/mol. The summed E-state index contributed by atoms with van der Waals surface area (Å²) in [6.45, 7) is 8.77. The Hall–Kier alpha value is -0.980. The first-order chi connectivity index (χ1) is 7.07. The third-order valence-electron chi connectivity index (χ3n) is 2.48. The third kappa shape index (κ3) is 2.74. The van der Waals surface area contributed by atoms with Crippen LogP contribution < -0.4 is 0 Å². The average molecular weight is 219 g/mol. The zero-order valence-electron chi connectivity index (χ0n) is 9.74. The molecule has 0 aliphatic heterocycles. The molecule has 0 amide bonds. The number of aliphatic imine (C=N–C) groups is 1. The van der Waals surface area contributed by atoms with Crippen molar-refractivity contribution in [3.8, 4) is 0 Å². The van der Waals surface area contributed by atoms with Crippen LogP contribution in [0.25, 0.3) is 0 Å². The van der Waals surface area contributed by atoms with Gasteiger partial charge in [0.05, 0.1) is 10.8 Å². The predicted molar refractivity (Wildman–Crippen MR) is 69.3 cm³/mol. The van der Waals surface area contributed by atoms with Crippen LogP contribution in [0.15, 0.2) is 23.2 Å². The quantitative estimate of drug-likeness (QED) is 0.531. The van der Waals surface area contributed by atoms with E-state index in [9.17, 15) is 0 Å². The summed E-state index contributed by atoms with van der Waals surface area (Å²) < 4.78 is 0. The first-order valence-electron chi connectivity index (χ1n) is 5.28. The van der Waals surface area contributed by atoms with E-state index in [-0.39, 0.29) is 0 Å². The number of nitrogens with zero attached hydrogens (tertiary/aromatic N) is 1. The van der Waals surface area contributed by atoms with Crippen molar-refractivity contribution in [3.05, 3.63) is 29.3 Å². The molecule has 0 saturated carbocycles. The Morgan fingerprint density at radius 1 is 1.13 bits per heavy atom. The Bertz CT molecular complexity index is 388. The van der Waals surface area contributed by atoms with Crippen molar-refractivity contribution in [2.24, 2.45) is 4.99 Å². The molecule has 0 radical (unpaired) electrons. The van der Waals surface area contributed by atoms with Crippen molar-refractivity contribution in [1.29, 1.82) is 0 Å². The molecule has 0 saturated heterocycles. The molecular weight excluding hydrogens is 202 g/mol. The van der Waals surface area contributed by atoms with Gasteiger partial charge in [-0.15, -0.1) is 0 Å². The van der Waals surface area contributed by atoms with E-state index in [0.717, 1.165) is 5.69 Å². The second kappa shape index (κ2) is 5.20.